The fraction of sp³-hybridized carbons (Fsp3) is 1.00. The summed E-state index contributed by atoms with van der Waals surface area (Å²) in [5, 5.41) is 0. The van der Waals surface area contributed by atoms with Crippen LogP contribution in [0.15, 0.2) is 0 Å². The topological polar surface area (TPSA) is 0 Å². The van der Waals surface area contributed by atoms with Gasteiger partial charge in [0.05, 0.1) is 16.2 Å². The van der Waals surface area contributed by atoms with Crippen LogP contribution in [0.1, 0.15) is 134 Å². The Morgan fingerprint density at radius 1 is 0.512 bits per heavy atom. The molecule has 248 valence electrons. The van der Waals surface area contributed by atoms with E-state index in [4.69, 9.17) is 0 Å². The van der Waals surface area contributed by atoms with Gasteiger partial charge in [-0.15, -0.1) is 0 Å². The summed E-state index contributed by atoms with van der Waals surface area (Å²) < 4.78 is 134. The van der Waals surface area contributed by atoms with Gasteiger partial charge in [-0.05, 0) is 73.5 Å². The lowest BCUT2D eigenvalue weighted by atomic mass is 9.52. The SMILES string of the molecule is CCC(CC)C(CCC(C)C(C)(C(C)C)C(F)(F)F)(C(C)CCC(C(C)C)(C(F)(F)F)C(C)(CC)CC)C(F)(F)F. The van der Waals surface area contributed by atoms with Crippen molar-refractivity contribution in [3.63, 3.8) is 0 Å². The van der Waals surface area contributed by atoms with Gasteiger partial charge in [-0.25, -0.2) is 0 Å². The molecule has 41 heavy (non-hydrogen) atoms. The van der Waals surface area contributed by atoms with Gasteiger partial charge in [0.25, 0.3) is 0 Å². The largest absolute Gasteiger partial charge is 0.395 e. The smallest absolute Gasteiger partial charge is 0.170 e. The van der Waals surface area contributed by atoms with Gasteiger partial charge in [-0.2, -0.15) is 39.5 Å². The molecule has 0 nitrogen and oxygen atoms in total. The molecule has 5 atom stereocenters. The Balaban J connectivity index is 6.99. The third kappa shape index (κ3) is 7.20. The van der Waals surface area contributed by atoms with Gasteiger partial charge in [0.1, 0.15) is 0 Å². The average Bonchev–Trinajstić information content (AvgIpc) is 2.82. The molecule has 0 saturated carbocycles. The summed E-state index contributed by atoms with van der Waals surface area (Å²) in [4.78, 5) is 0. The molecule has 0 amide bonds. The summed E-state index contributed by atoms with van der Waals surface area (Å²) in [6.45, 7) is 17.8. The van der Waals surface area contributed by atoms with E-state index in [1.807, 2.05) is 0 Å². The molecule has 0 heterocycles. The third-order valence-electron chi connectivity index (χ3n) is 12.0. The van der Waals surface area contributed by atoms with Crippen molar-refractivity contribution in [3.05, 3.63) is 0 Å². The van der Waals surface area contributed by atoms with Crippen LogP contribution in [0.3, 0.4) is 0 Å². The number of hydrogen-bond acceptors (Lipinski definition) is 0. The molecule has 0 aliphatic rings. The minimum Gasteiger partial charge on any atom is -0.170 e. The molecule has 0 rings (SSSR count). The second kappa shape index (κ2) is 14.0. The van der Waals surface area contributed by atoms with E-state index in [1.54, 1.807) is 34.6 Å². The second-order valence-electron chi connectivity index (χ2n) is 13.8. The maximum atomic E-state index is 15.3. The lowest BCUT2D eigenvalue weighted by Crippen LogP contribution is -2.55. The summed E-state index contributed by atoms with van der Waals surface area (Å²) in [7, 11) is 0. The highest BCUT2D eigenvalue weighted by molar-refractivity contribution is 5.04. The van der Waals surface area contributed by atoms with E-state index >= 15 is 26.3 Å². The van der Waals surface area contributed by atoms with Crippen molar-refractivity contribution in [3.8, 4) is 0 Å². The maximum Gasteiger partial charge on any atom is 0.395 e. The summed E-state index contributed by atoms with van der Waals surface area (Å²) in [5.41, 5.74) is -8.00. The van der Waals surface area contributed by atoms with Crippen LogP contribution in [0.5, 0.6) is 0 Å². The molecular formula is C32H57F9. The Kier molecular flexibility index (Phi) is 13.8. The zero-order valence-corrected chi connectivity index (χ0v) is 27.4. The van der Waals surface area contributed by atoms with E-state index in [2.05, 4.69) is 0 Å². The molecule has 0 radical (unpaired) electrons. The summed E-state index contributed by atoms with van der Waals surface area (Å²) in [5.74, 6) is -4.98. The zero-order chi connectivity index (χ0) is 33.0. The third-order valence-corrected chi connectivity index (χ3v) is 12.0. The maximum absolute atomic E-state index is 15.3. The van der Waals surface area contributed by atoms with Gasteiger partial charge in [0, 0.05) is 0 Å². The van der Waals surface area contributed by atoms with Crippen molar-refractivity contribution >= 4 is 0 Å². The molecule has 0 fully saturated rings. The molecule has 0 aromatic heterocycles. The van der Waals surface area contributed by atoms with Crippen molar-refractivity contribution in [2.24, 2.45) is 51.2 Å². The Morgan fingerprint density at radius 3 is 1.20 bits per heavy atom. The van der Waals surface area contributed by atoms with Gasteiger partial charge >= 0.3 is 18.5 Å². The van der Waals surface area contributed by atoms with Crippen LogP contribution in [0.4, 0.5) is 39.5 Å². The van der Waals surface area contributed by atoms with Crippen LogP contribution in [-0.4, -0.2) is 18.5 Å². The Hall–Kier alpha value is -0.630. The highest BCUT2D eigenvalue weighted by Crippen LogP contribution is 2.64. The summed E-state index contributed by atoms with van der Waals surface area (Å²) in [6.07, 6.45) is -15.0. The van der Waals surface area contributed by atoms with E-state index in [-0.39, 0.29) is 38.5 Å². The van der Waals surface area contributed by atoms with Crippen LogP contribution in [0.2, 0.25) is 0 Å². The summed E-state index contributed by atoms with van der Waals surface area (Å²) in [6, 6.07) is 0. The lowest BCUT2D eigenvalue weighted by Gasteiger charge is -2.54. The van der Waals surface area contributed by atoms with Crippen molar-refractivity contribution in [1.29, 1.82) is 0 Å². The van der Waals surface area contributed by atoms with E-state index < -0.39 is 82.6 Å². The average molecular weight is 613 g/mol. The van der Waals surface area contributed by atoms with Crippen LogP contribution >= 0.6 is 0 Å². The lowest BCUT2D eigenvalue weighted by molar-refractivity contribution is -0.293. The van der Waals surface area contributed by atoms with Gasteiger partial charge in [-0.1, -0.05) is 95.9 Å². The standard InChI is InChI=1S/C32H57F9/c1-13-25(14-2)28(31(36,37)38,19-17-23(9)27(12,21(5)6)30(33,34)35)24(10)18-20-29(22(7)8,32(39,40)41)26(11,15-3)16-4/h21-25H,13-20H2,1-12H3. The molecule has 0 N–H and O–H groups in total. The zero-order valence-electron chi connectivity index (χ0n) is 27.4. The molecule has 0 aromatic rings. The highest BCUT2D eigenvalue weighted by atomic mass is 19.4. The van der Waals surface area contributed by atoms with Gasteiger partial charge in [0.2, 0.25) is 0 Å². The number of hydrogen-bond donors (Lipinski definition) is 0. The molecular weight excluding hydrogens is 555 g/mol. The number of halogens is 9. The first-order valence-electron chi connectivity index (χ1n) is 15.5. The van der Waals surface area contributed by atoms with Crippen LogP contribution in [0, 0.1) is 51.2 Å². The highest BCUT2D eigenvalue weighted by Gasteiger charge is 2.66. The molecule has 0 saturated heterocycles. The molecule has 0 aliphatic heterocycles. The predicted molar refractivity (Wildman–Crippen MR) is 150 cm³/mol. The number of alkyl halides is 9. The number of rotatable bonds is 16. The molecule has 5 unspecified atom stereocenters. The quantitative estimate of drug-likeness (QED) is 0.152. The predicted octanol–water partition coefficient (Wildman–Crippen LogP) is 13.1. The van der Waals surface area contributed by atoms with E-state index in [1.165, 1.54) is 41.5 Å². The first kappa shape index (κ1) is 40.4. The minimum absolute atomic E-state index is 0.131. The minimum atomic E-state index is -4.80. The molecule has 0 bridgehead atoms. The van der Waals surface area contributed by atoms with Gasteiger partial charge in [-0.3, -0.25) is 0 Å². The van der Waals surface area contributed by atoms with Crippen molar-refractivity contribution < 1.29 is 39.5 Å². The monoisotopic (exact) mass is 612 g/mol. The van der Waals surface area contributed by atoms with Crippen molar-refractivity contribution in [1.82, 2.24) is 0 Å². The van der Waals surface area contributed by atoms with E-state index in [9.17, 15) is 13.2 Å². The first-order valence-corrected chi connectivity index (χ1v) is 15.5. The van der Waals surface area contributed by atoms with E-state index in [0.717, 1.165) is 6.92 Å². The Bertz CT molecular complexity index is 772. The molecule has 9 heteroatoms. The Morgan fingerprint density at radius 2 is 0.927 bits per heavy atom. The van der Waals surface area contributed by atoms with Crippen LogP contribution in [-0.2, 0) is 0 Å². The fourth-order valence-corrected chi connectivity index (χ4v) is 8.13. The van der Waals surface area contributed by atoms with Gasteiger partial charge < -0.3 is 0 Å². The van der Waals surface area contributed by atoms with Crippen molar-refractivity contribution in [2.75, 3.05) is 0 Å². The normalized spacial score (nSPS) is 20.2. The van der Waals surface area contributed by atoms with E-state index in [0.29, 0.717) is 0 Å². The molecule has 0 aliphatic carbocycles. The summed E-state index contributed by atoms with van der Waals surface area (Å²) >= 11 is 0. The van der Waals surface area contributed by atoms with Crippen LogP contribution in [0.25, 0.3) is 0 Å². The van der Waals surface area contributed by atoms with Crippen LogP contribution < -0.4 is 0 Å². The van der Waals surface area contributed by atoms with Gasteiger partial charge in [0.15, 0.2) is 0 Å². The fourth-order valence-electron chi connectivity index (χ4n) is 8.13. The first-order chi connectivity index (χ1) is 18.3. The second-order valence-corrected chi connectivity index (χ2v) is 13.8. The molecule has 0 spiro atoms. The molecule has 0 aromatic carbocycles. The Labute approximate surface area is 244 Å². The van der Waals surface area contributed by atoms with Crippen molar-refractivity contribution in [2.45, 2.75) is 153 Å².